The second-order valence-electron chi connectivity index (χ2n) is 6.11. The molecule has 17 heavy (non-hydrogen) atoms. The first-order chi connectivity index (χ1) is 7.99. The normalized spacial score (nSPS) is 50.4. The Morgan fingerprint density at radius 2 is 1.94 bits per heavy atom. The quantitative estimate of drug-likeness (QED) is 0.768. The van der Waals surface area contributed by atoms with E-state index in [1.807, 2.05) is 6.92 Å². The number of rotatable bonds is 2. The largest absolute Gasteiger partial charge is 0.396 e. The molecule has 0 amide bonds. The predicted molar refractivity (Wildman–Crippen MR) is 65.3 cm³/mol. The van der Waals surface area contributed by atoms with Crippen LogP contribution in [0.1, 0.15) is 33.6 Å². The Labute approximate surface area is 103 Å². The summed E-state index contributed by atoms with van der Waals surface area (Å²) >= 11 is 0. The summed E-state index contributed by atoms with van der Waals surface area (Å²) in [5.41, 5.74) is 0. The fourth-order valence-corrected chi connectivity index (χ4v) is 4.29. The monoisotopic (exact) mass is 240 g/mol. The Kier molecular flexibility index (Phi) is 3.60. The zero-order valence-electron chi connectivity index (χ0n) is 11.0. The van der Waals surface area contributed by atoms with Gasteiger partial charge in [-0.25, -0.2) is 0 Å². The molecule has 0 heterocycles. The molecule has 3 nitrogen and oxygen atoms in total. The highest BCUT2D eigenvalue weighted by Crippen LogP contribution is 2.50. The standard InChI is InChI=1S/C14H24O3/c1-7-6-11-12(8(2)10(7)4-5-15)14(17)9(3)13(11)16/h7-12,14-15,17H,4-6H2,1-3H3/t7?,8?,9-,10?,11?,12?,14-/m0/s1. The van der Waals surface area contributed by atoms with E-state index >= 15 is 0 Å². The average Bonchev–Trinajstić information content (AvgIpc) is 2.50. The first kappa shape index (κ1) is 13.0. The van der Waals surface area contributed by atoms with E-state index in [-0.39, 0.29) is 30.1 Å². The maximum atomic E-state index is 12.1. The molecule has 0 aromatic rings. The van der Waals surface area contributed by atoms with Crippen molar-refractivity contribution < 1.29 is 15.0 Å². The molecule has 0 bridgehead atoms. The van der Waals surface area contributed by atoms with Crippen LogP contribution in [0, 0.1) is 35.5 Å². The molecule has 98 valence electrons. The Morgan fingerprint density at radius 3 is 2.53 bits per heavy atom. The van der Waals surface area contributed by atoms with Gasteiger partial charge < -0.3 is 10.2 Å². The average molecular weight is 240 g/mol. The molecule has 0 aromatic carbocycles. The van der Waals surface area contributed by atoms with Crippen molar-refractivity contribution in [3.05, 3.63) is 0 Å². The van der Waals surface area contributed by atoms with Crippen molar-refractivity contribution in [2.24, 2.45) is 35.5 Å². The molecule has 2 rings (SSSR count). The van der Waals surface area contributed by atoms with Gasteiger partial charge in [0.05, 0.1) is 6.10 Å². The second kappa shape index (κ2) is 4.69. The Hall–Kier alpha value is -0.410. The summed E-state index contributed by atoms with van der Waals surface area (Å²) in [5.74, 6) is 1.47. The van der Waals surface area contributed by atoms with Gasteiger partial charge in [0.1, 0.15) is 5.78 Å². The number of aliphatic hydroxyl groups excluding tert-OH is 2. The lowest BCUT2D eigenvalue weighted by atomic mass is 9.62. The molecule has 0 radical (unpaired) electrons. The van der Waals surface area contributed by atoms with E-state index in [0.717, 1.165) is 12.8 Å². The van der Waals surface area contributed by atoms with Gasteiger partial charge in [-0.15, -0.1) is 0 Å². The van der Waals surface area contributed by atoms with Gasteiger partial charge in [-0.3, -0.25) is 4.79 Å². The number of ketones is 1. The van der Waals surface area contributed by atoms with Crippen LogP contribution in [0.25, 0.3) is 0 Å². The van der Waals surface area contributed by atoms with Crippen LogP contribution in [-0.2, 0) is 4.79 Å². The maximum Gasteiger partial charge on any atom is 0.141 e. The maximum absolute atomic E-state index is 12.1. The first-order valence-corrected chi connectivity index (χ1v) is 6.81. The second-order valence-corrected chi connectivity index (χ2v) is 6.11. The molecule has 2 aliphatic rings. The molecular weight excluding hydrogens is 216 g/mol. The molecule has 2 fully saturated rings. The van der Waals surface area contributed by atoms with Crippen molar-refractivity contribution in [1.29, 1.82) is 0 Å². The fraction of sp³-hybridized carbons (Fsp3) is 0.929. The number of fused-ring (bicyclic) bond motifs is 1. The number of hydrogen-bond donors (Lipinski definition) is 2. The molecule has 0 spiro atoms. The zero-order chi connectivity index (χ0) is 12.7. The molecule has 0 saturated heterocycles. The SMILES string of the molecule is CC1CC2C(=O)[C@H](C)[C@H](O)C2C(C)C1CCO. The van der Waals surface area contributed by atoms with Crippen LogP contribution >= 0.6 is 0 Å². The Balaban J connectivity index is 2.22. The highest BCUT2D eigenvalue weighted by Gasteiger charge is 2.53. The minimum Gasteiger partial charge on any atom is -0.396 e. The van der Waals surface area contributed by atoms with Crippen molar-refractivity contribution in [3.63, 3.8) is 0 Å². The van der Waals surface area contributed by atoms with E-state index < -0.39 is 6.10 Å². The van der Waals surface area contributed by atoms with Crippen molar-refractivity contribution in [2.45, 2.75) is 39.7 Å². The Morgan fingerprint density at radius 1 is 1.29 bits per heavy atom. The highest BCUT2D eigenvalue weighted by molar-refractivity contribution is 5.86. The molecule has 0 aromatic heterocycles. The van der Waals surface area contributed by atoms with Gasteiger partial charge in [0, 0.05) is 18.4 Å². The van der Waals surface area contributed by atoms with E-state index in [0.29, 0.717) is 17.8 Å². The Bertz CT molecular complexity index is 302. The van der Waals surface area contributed by atoms with E-state index in [2.05, 4.69) is 13.8 Å². The van der Waals surface area contributed by atoms with Gasteiger partial charge in [-0.2, -0.15) is 0 Å². The summed E-state index contributed by atoms with van der Waals surface area (Å²) in [6.07, 6.45) is 1.21. The summed E-state index contributed by atoms with van der Waals surface area (Å²) in [6, 6.07) is 0. The summed E-state index contributed by atoms with van der Waals surface area (Å²) in [5, 5.41) is 19.4. The molecule has 2 aliphatic carbocycles. The van der Waals surface area contributed by atoms with Gasteiger partial charge in [0.15, 0.2) is 0 Å². The van der Waals surface area contributed by atoms with Gasteiger partial charge in [0.2, 0.25) is 0 Å². The zero-order valence-corrected chi connectivity index (χ0v) is 11.0. The third kappa shape index (κ3) is 1.93. The lowest BCUT2D eigenvalue weighted by Crippen LogP contribution is -2.41. The van der Waals surface area contributed by atoms with Gasteiger partial charge in [-0.1, -0.05) is 20.8 Å². The van der Waals surface area contributed by atoms with Crippen LogP contribution in [0.5, 0.6) is 0 Å². The van der Waals surface area contributed by atoms with Crippen LogP contribution in [0.15, 0.2) is 0 Å². The minimum absolute atomic E-state index is 0.0555. The molecular formula is C14H24O3. The number of hydrogen-bond acceptors (Lipinski definition) is 3. The lowest BCUT2D eigenvalue weighted by Gasteiger charge is -2.42. The molecule has 2 saturated carbocycles. The van der Waals surface area contributed by atoms with Crippen molar-refractivity contribution >= 4 is 5.78 Å². The topological polar surface area (TPSA) is 57.5 Å². The van der Waals surface area contributed by atoms with Crippen molar-refractivity contribution in [2.75, 3.05) is 6.61 Å². The van der Waals surface area contributed by atoms with Gasteiger partial charge in [0.25, 0.3) is 0 Å². The summed E-state index contributed by atoms with van der Waals surface area (Å²) in [7, 11) is 0. The minimum atomic E-state index is -0.476. The molecule has 3 heteroatoms. The summed E-state index contributed by atoms with van der Waals surface area (Å²) in [6.45, 7) is 6.37. The van der Waals surface area contributed by atoms with Crippen LogP contribution in [0.3, 0.4) is 0 Å². The highest BCUT2D eigenvalue weighted by atomic mass is 16.3. The molecule has 5 unspecified atom stereocenters. The third-order valence-electron chi connectivity index (χ3n) is 5.29. The van der Waals surface area contributed by atoms with E-state index in [4.69, 9.17) is 5.11 Å². The fourth-order valence-electron chi connectivity index (χ4n) is 4.29. The first-order valence-electron chi connectivity index (χ1n) is 6.81. The summed E-state index contributed by atoms with van der Waals surface area (Å²) in [4.78, 5) is 12.1. The molecule has 7 atom stereocenters. The lowest BCUT2D eigenvalue weighted by molar-refractivity contribution is -0.126. The van der Waals surface area contributed by atoms with E-state index in [9.17, 15) is 9.90 Å². The number of aliphatic hydroxyl groups is 2. The molecule has 0 aliphatic heterocycles. The third-order valence-corrected chi connectivity index (χ3v) is 5.29. The number of carbonyl (C=O) groups is 1. The smallest absolute Gasteiger partial charge is 0.141 e. The van der Waals surface area contributed by atoms with Crippen LogP contribution in [0.2, 0.25) is 0 Å². The molecule has 2 N–H and O–H groups in total. The van der Waals surface area contributed by atoms with Crippen LogP contribution in [-0.4, -0.2) is 28.7 Å². The van der Waals surface area contributed by atoms with Gasteiger partial charge >= 0.3 is 0 Å². The number of Topliss-reactive ketones (excluding diaryl/α,β-unsaturated/α-hetero) is 1. The van der Waals surface area contributed by atoms with Crippen LogP contribution < -0.4 is 0 Å². The van der Waals surface area contributed by atoms with Crippen molar-refractivity contribution in [3.8, 4) is 0 Å². The van der Waals surface area contributed by atoms with Crippen molar-refractivity contribution in [1.82, 2.24) is 0 Å². The summed E-state index contributed by atoms with van der Waals surface area (Å²) < 4.78 is 0. The van der Waals surface area contributed by atoms with E-state index in [1.54, 1.807) is 0 Å². The number of carbonyl (C=O) groups excluding carboxylic acids is 1. The van der Waals surface area contributed by atoms with Crippen LogP contribution in [0.4, 0.5) is 0 Å². The predicted octanol–water partition coefficient (Wildman–Crippen LogP) is 1.47. The van der Waals surface area contributed by atoms with Gasteiger partial charge in [-0.05, 0) is 36.5 Å². The van der Waals surface area contributed by atoms with E-state index in [1.165, 1.54) is 0 Å².